The molecule has 0 aromatic heterocycles. The van der Waals surface area contributed by atoms with Crippen LogP contribution in [0.2, 0.25) is 5.02 Å². The molecule has 31 heavy (non-hydrogen) atoms. The van der Waals surface area contributed by atoms with Crippen LogP contribution in [0.4, 0.5) is 11.4 Å². The van der Waals surface area contributed by atoms with E-state index in [0.29, 0.717) is 28.1 Å². The summed E-state index contributed by atoms with van der Waals surface area (Å²) in [7, 11) is 0. The predicted octanol–water partition coefficient (Wildman–Crippen LogP) is 5.11. The molecule has 2 aromatic carbocycles. The number of hydrogen-bond acceptors (Lipinski definition) is 5. The molecule has 2 heterocycles. The molecular weight excluding hydrogens is 432 g/mol. The quantitative estimate of drug-likeness (QED) is 0.681. The molecular formula is C23H23ClN4O2S. The molecule has 0 spiro atoms. The van der Waals surface area contributed by atoms with Crippen LogP contribution in [0.3, 0.4) is 0 Å². The highest BCUT2D eigenvalue weighted by molar-refractivity contribution is 8.15. The molecule has 8 heteroatoms. The zero-order valence-electron chi connectivity index (χ0n) is 17.5. The molecule has 0 aliphatic carbocycles. The van der Waals surface area contributed by atoms with E-state index >= 15 is 0 Å². The number of rotatable bonds is 5. The van der Waals surface area contributed by atoms with Gasteiger partial charge in [0.1, 0.15) is 11.9 Å². The van der Waals surface area contributed by atoms with E-state index in [0.717, 1.165) is 11.3 Å². The van der Waals surface area contributed by atoms with E-state index in [9.17, 15) is 9.59 Å². The normalized spacial score (nSPS) is 18.3. The lowest BCUT2D eigenvalue weighted by Crippen LogP contribution is -2.47. The smallest absolute Gasteiger partial charge is 0.271 e. The Morgan fingerprint density at radius 3 is 2.55 bits per heavy atom. The third-order valence-corrected chi connectivity index (χ3v) is 6.78. The van der Waals surface area contributed by atoms with Crippen molar-refractivity contribution in [3.63, 3.8) is 0 Å². The number of amidine groups is 2. The standard InChI is InChI=1S/C23H23ClN4O2S/c1-4-18(21(29)25-15-11-9-14(24)10-12-15)31-23-26-17-8-6-5-7-16(17)20-27-22(30)19(13(2)3)28(20)23/h5-13,18-19H,4H2,1-3H3,(H,25,29). The first-order chi connectivity index (χ1) is 14.9. The van der Waals surface area contributed by atoms with E-state index in [2.05, 4.69) is 10.3 Å². The Morgan fingerprint density at radius 1 is 1.16 bits per heavy atom. The lowest BCUT2D eigenvalue weighted by atomic mass is 10.0. The first kappa shape index (κ1) is 21.6. The van der Waals surface area contributed by atoms with Crippen molar-refractivity contribution < 1.29 is 9.59 Å². The summed E-state index contributed by atoms with van der Waals surface area (Å²) in [4.78, 5) is 36.8. The molecule has 0 radical (unpaired) electrons. The van der Waals surface area contributed by atoms with E-state index in [1.54, 1.807) is 24.3 Å². The van der Waals surface area contributed by atoms with E-state index in [1.807, 2.05) is 49.9 Å². The van der Waals surface area contributed by atoms with Crippen LogP contribution >= 0.6 is 23.4 Å². The van der Waals surface area contributed by atoms with Crippen LogP contribution < -0.4 is 5.32 Å². The number of carbonyl (C=O) groups excluding carboxylic acids is 2. The minimum Gasteiger partial charge on any atom is -0.325 e. The topological polar surface area (TPSA) is 74.1 Å². The monoisotopic (exact) mass is 454 g/mol. The largest absolute Gasteiger partial charge is 0.325 e. The van der Waals surface area contributed by atoms with Crippen molar-refractivity contribution in [1.82, 2.24) is 4.90 Å². The lowest BCUT2D eigenvalue weighted by Gasteiger charge is -2.33. The molecule has 0 saturated heterocycles. The number of thioether (sulfide) groups is 1. The van der Waals surface area contributed by atoms with Gasteiger partial charge in [0.15, 0.2) is 5.17 Å². The zero-order valence-corrected chi connectivity index (χ0v) is 19.1. The van der Waals surface area contributed by atoms with E-state index < -0.39 is 6.04 Å². The van der Waals surface area contributed by atoms with Gasteiger partial charge in [-0.3, -0.25) is 14.5 Å². The maximum atomic E-state index is 13.0. The number of halogens is 1. The molecule has 0 bridgehead atoms. The molecule has 4 rings (SSSR count). The van der Waals surface area contributed by atoms with Gasteiger partial charge in [0.05, 0.1) is 10.9 Å². The van der Waals surface area contributed by atoms with Gasteiger partial charge in [-0.25, -0.2) is 4.99 Å². The summed E-state index contributed by atoms with van der Waals surface area (Å²) in [5.74, 6) is 0.368. The number of nitrogens with zero attached hydrogens (tertiary/aromatic N) is 3. The number of benzene rings is 2. The summed E-state index contributed by atoms with van der Waals surface area (Å²) in [5.41, 5.74) is 2.27. The number of para-hydroxylation sites is 1. The zero-order chi connectivity index (χ0) is 22.1. The number of fused-ring (bicyclic) bond motifs is 3. The van der Waals surface area contributed by atoms with Gasteiger partial charge in [-0.2, -0.15) is 4.99 Å². The molecule has 2 aliphatic heterocycles. The highest BCUT2D eigenvalue weighted by atomic mass is 35.5. The molecule has 2 aromatic rings. The van der Waals surface area contributed by atoms with Gasteiger partial charge in [0, 0.05) is 16.3 Å². The van der Waals surface area contributed by atoms with E-state index in [1.165, 1.54) is 11.8 Å². The highest BCUT2D eigenvalue weighted by Gasteiger charge is 2.44. The predicted molar refractivity (Wildman–Crippen MR) is 127 cm³/mol. The summed E-state index contributed by atoms with van der Waals surface area (Å²) < 4.78 is 0. The van der Waals surface area contributed by atoms with Gasteiger partial charge in [0.2, 0.25) is 5.91 Å². The van der Waals surface area contributed by atoms with Gasteiger partial charge in [-0.15, -0.1) is 0 Å². The van der Waals surface area contributed by atoms with Crippen molar-refractivity contribution in [2.24, 2.45) is 15.9 Å². The van der Waals surface area contributed by atoms with Crippen molar-refractivity contribution in [2.45, 2.75) is 38.5 Å². The van der Waals surface area contributed by atoms with Gasteiger partial charge in [0.25, 0.3) is 5.91 Å². The first-order valence-corrected chi connectivity index (χ1v) is 11.5. The van der Waals surface area contributed by atoms with Crippen LogP contribution in [0.5, 0.6) is 0 Å². The average molecular weight is 455 g/mol. The fraction of sp³-hybridized carbons (Fsp3) is 0.304. The minimum absolute atomic E-state index is 0.0489. The molecule has 2 amide bonds. The van der Waals surface area contributed by atoms with Crippen LogP contribution in [0.15, 0.2) is 58.5 Å². The van der Waals surface area contributed by atoms with Crippen molar-refractivity contribution in [1.29, 1.82) is 0 Å². The first-order valence-electron chi connectivity index (χ1n) is 10.2. The third kappa shape index (κ3) is 4.25. The number of carbonyl (C=O) groups is 2. The number of nitrogens with one attached hydrogen (secondary N) is 1. The molecule has 1 N–H and O–H groups in total. The van der Waals surface area contributed by atoms with Crippen molar-refractivity contribution in [3.05, 3.63) is 59.1 Å². The fourth-order valence-electron chi connectivity index (χ4n) is 3.66. The summed E-state index contributed by atoms with van der Waals surface area (Å²) in [6.07, 6.45) is 0.603. The minimum atomic E-state index is -0.425. The summed E-state index contributed by atoms with van der Waals surface area (Å²) in [6, 6.07) is 14.2. The van der Waals surface area contributed by atoms with Gasteiger partial charge in [-0.05, 0) is 48.7 Å². The molecule has 0 saturated carbocycles. The van der Waals surface area contributed by atoms with Gasteiger partial charge >= 0.3 is 0 Å². The Bertz CT molecular complexity index is 1080. The highest BCUT2D eigenvalue weighted by Crippen LogP contribution is 2.37. The molecule has 2 atom stereocenters. The molecule has 6 nitrogen and oxygen atoms in total. The van der Waals surface area contributed by atoms with Crippen LogP contribution in [0, 0.1) is 5.92 Å². The Balaban J connectivity index is 1.64. The number of aliphatic imine (C=N–C) groups is 2. The van der Waals surface area contributed by atoms with Crippen molar-refractivity contribution in [3.8, 4) is 0 Å². The number of anilines is 1. The van der Waals surface area contributed by atoms with Crippen LogP contribution in [-0.4, -0.2) is 39.0 Å². The summed E-state index contributed by atoms with van der Waals surface area (Å²) in [5, 5.41) is 3.79. The van der Waals surface area contributed by atoms with E-state index in [4.69, 9.17) is 16.6 Å². The maximum Gasteiger partial charge on any atom is 0.271 e. The molecule has 2 unspecified atom stereocenters. The second-order valence-electron chi connectivity index (χ2n) is 7.75. The van der Waals surface area contributed by atoms with Crippen LogP contribution in [-0.2, 0) is 9.59 Å². The van der Waals surface area contributed by atoms with Crippen LogP contribution in [0.1, 0.15) is 32.8 Å². The van der Waals surface area contributed by atoms with Crippen LogP contribution in [0.25, 0.3) is 0 Å². The second kappa shape index (κ2) is 8.85. The molecule has 2 aliphatic rings. The Morgan fingerprint density at radius 2 is 1.87 bits per heavy atom. The number of hydrogen-bond donors (Lipinski definition) is 1. The Labute approximate surface area is 190 Å². The Hall–Kier alpha value is -2.64. The summed E-state index contributed by atoms with van der Waals surface area (Å²) >= 11 is 7.30. The summed E-state index contributed by atoms with van der Waals surface area (Å²) in [6.45, 7) is 5.95. The van der Waals surface area contributed by atoms with Gasteiger partial charge < -0.3 is 5.32 Å². The van der Waals surface area contributed by atoms with Crippen molar-refractivity contribution >= 4 is 57.6 Å². The molecule has 0 fully saturated rings. The number of amides is 2. The Kier molecular flexibility index (Phi) is 6.16. The van der Waals surface area contributed by atoms with Crippen molar-refractivity contribution in [2.75, 3.05) is 5.32 Å². The second-order valence-corrected chi connectivity index (χ2v) is 9.36. The lowest BCUT2D eigenvalue weighted by molar-refractivity contribution is -0.120. The third-order valence-electron chi connectivity index (χ3n) is 5.20. The molecule has 160 valence electrons. The maximum absolute atomic E-state index is 13.0. The SMILES string of the molecule is CCC(SC1=Nc2ccccc2C2=NC(=O)C(C(C)C)N12)C(=O)Nc1ccc(Cl)cc1. The van der Waals surface area contributed by atoms with E-state index in [-0.39, 0.29) is 23.0 Å². The van der Waals surface area contributed by atoms with Gasteiger partial charge in [-0.1, -0.05) is 56.3 Å². The average Bonchev–Trinajstić information content (AvgIpc) is 3.11. The fourth-order valence-corrected chi connectivity index (χ4v) is 4.83.